The average Bonchev–Trinajstić information content (AvgIpc) is 3.03. The van der Waals surface area contributed by atoms with Gasteiger partial charge >= 0.3 is 0 Å². The number of amides is 1. The van der Waals surface area contributed by atoms with Gasteiger partial charge in [0.2, 0.25) is 0 Å². The lowest BCUT2D eigenvalue weighted by molar-refractivity contribution is 0.0646. The van der Waals surface area contributed by atoms with Gasteiger partial charge in [0.15, 0.2) is 5.76 Å². The van der Waals surface area contributed by atoms with Crippen LogP contribution in [0.25, 0.3) is 0 Å². The predicted molar refractivity (Wildman–Crippen MR) is 76.0 cm³/mol. The van der Waals surface area contributed by atoms with Crippen LogP contribution < -0.4 is 0 Å². The third kappa shape index (κ3) is 2.58. The first-order chi connectivity index (χ1) is 10.1. The second kappa shape index (κ2) is 5.37. The summed E-state index contributed by atoms with van der Waals surface area (Å²) in [7, 11) is 3.56. The highest BCUT2D eigenvalue weighted by Gasteiger charge is 2.32. The number of hydrogen-bond donors (Lipinski definition) is 0. The minimum atomic E-state index is -0.0845. The van der Waals surface area contributed by atoms with Crippen molar-refractivity contribution in [3.63, 3.8) is 0 Å². The summed E-state index contributed by atoms with van der Waals surface area (Å²) >= 11 is 0. The number of rotatable bonds is 3. The fourth-order valence-electron chi connectivity index (χ4n) is 2.84. The maximum Gasteiger partial charge on any atom is 0.289 e. The highest BCUT2D eigenvalue weighted by molar-refractivity contribution is 5.91. The number of aryl methyl sites for hydroxylation is 2. The molecule has 0 saturated carbocycles. The first kappa shape index (κ1) is 13.9. The van der Waals surface area contributed by atoms with E-state index in [4.69, 9.17) is 9.15 Å². The Balaban J connectivity index is 1.87. The van der Waals surface area contributed by atoms with Gasteiger partial charge in [-0.1, -0.05) is 0 Å². The molecule has 112 valence electrons. The van der Waals surface area contributed by atoms with E-state index in [-0.39, 0.29) is 11.8 Å². The fraction of sp³-hybridized carbons (Fsp3) is 0.467. The Bertz CT molecular complexity index is 659. The molecule has 0 aromatic carbocycles. The molecule has 1 aliphatic heterocycles. The normalized spacial score (nSPS) is 17.9. The number of hydrogen-bond acceptors (Lipinski definition) is 4. The van der Waals surface area contributed by atoms with E-state index in [1.165, 1.54) is 0 Å². The molecule has 21 heavy (non-hydrogen) atoms. The Morgan fingerprint density at radius 1 is 1.52 bits per heavy atom. The monoisotopic (exact) mass is 289 g/mol. The average molecular weight is 289 g/mol. The van der Waals surface area contributed by atoms with Crippen LogP contribution in [0.15, 0.2) is 22.7 Å². The number of carbonyl (C=O) groups excluding carboxylic acids is 1. The summed E-state index contributed by atoms with van der Waals surface area (Å²) in [5.41, 5.74) is 2.10. The van der Waals surface area contributed by atoms with Crippen LogP contribution in [0.2, 0.25) is 0 Å². The maximum absolute atomic E-state index is 12.5. The summed E-state index contributed by atoms with van der Waals surface area (Å²) in [5.74, 6) is 1.14. The summed E-state index contributed by atoms with van der Waals surface area (Å²) in [6.45, 7) is 3.53. The van der Waals surface area contributed by atoms with Gasteiger partial charge in [0.25, 0.3) is 5.91 Å². The van der Waals surface area contributed by atoms with Crippen molar-refractivity contribution in [1.29, 1.82) is 0 Å². The first-order valence-corrected chi connectivity index (χ1v) is 6.95. The van der Waals surface area contributed by atoms with Crippen molar-refractivity contribution in [2.75, 3.05) is 20.3 Å². The Hall–Kier alpha value is -2.08. The second-order valence-corrected chi connectivity index (χ2v) is 5.46. The zero-order valence-corrected chi connectivity index (χ0v) is 12.5. The fourth-order valence-corrected chi connectivity index (χ4v) is 2.84. The molecule has 0 N–H and O–H groups in total. The van der Waals surface area contributed by atoms with Gasteiger partial charge in [-0.25, -0.2) is 0 Å². The molecule has 0 unspecified atom stereocenters. The lowest BCUT2D eigenvalue weighted by atomic mass is 9.97. The van der Waals surface area contributed by atoms with E-state index in [2.05, 4.69) is 5.10 Å². The van der Waals surface area contributed by atoms with Crippen LogP contribution in [0.4, 0.5) is 0 Å². The lowest BCUT2D eigenvalue weighted by Gasteiger charge is -2.31. The van der Waals surface area contributed by atoms with Crippen LogP contribution in [0.3, 0.4) is 0 Å². The van der Waals surface area contributed by atoms with E-state index in [1.807, 2.05) is 20.2 Å². The molecule has 2 aromatic rings. The van der Waals surface area contributed by atoms with Crippen molar-refractivity contribution < 1.29 is 13.9 Å². The van der Waals surface area contributed by atoms with Crippen LogP contribution >= 0.6 is 0 Å². The van der Waals surface area contributed by atoms with Gasteiger partial charge in [0, 0.05) is 44.9 Å². The van der Waals surface area contributed by atoms with Crippen molar-refractivity contribution in [2.45, 2.75) is 19.4 Å². The molecule has 0 bridgehead atoms. The zero-order valence-electron chi connectivity index (χ0n) is 12.5. The number of carbonyl (C=O) groups is 1. The van der Waals surface area contributed by atoms with E-state index in [0.29, 0.717) is 25.5 Å². The summed E-state index contributed by atoms with van der Waals surface area (Å²) in [6.07, 6.45) is 1.96. The SMILES string of the molecule is COC[C@@H]1CN(C(=O)c2ccc(C)o2)Cc2cn(C)nc21. The number of nitrogens with zero attached hydrogens (tertiary/aromatic N) is 3. The highest BCUT2D eigenvalue weighted by atomic mass is 16.5. The van der Waals surface area contributed by atoms with E-state index >= 15 is 0 Å². The minimum absolute atomic E-state index is 0.0845. The second-order valence-electron chi connectivity index (χ2n) is 5.46. The first-order valence-electron chi connectivity index (χ1n) is 6.95. The molecule has 0 aliphatic carbocycles. The molecular formula is C15H19N3O3. The molecule has 0 radical (unpaired) electrons. The van der Waals surface area contributed by atoms with E-state index in [1.54, 1.807) is 28.8 Å². The van der Waals surface area contributed by atoms with Crippen LogP contribution in [-0.2, 0) is 18.3 Å². The van der Waals surface area contributed by atoms with Gasteiger partial charge in [0.05, 0.1) is 12.3 Å². The molecule has 1 atom stereocenters. The largest absolute Gasteiger partial charge is 0.456 e. The maximum atomic E-state index is 12.5. The topological polar surface area (TPSA) is 60.5 Å². The quantitative estimate of drug-likeness (QED) is 0.863. The highest BCUT2D eigenvalue weighted by Crippen LogP contribution is 2.28. The van der Waals surface area contributed by atoms with Crippen molar-refractivity contribution >= 4 is 5.91 Å². The third-order valence-corrected chi connectivity index (χ3v) is 3.73. The van der Waals surface area contributed by atoms with E-state index < -0.39 is 0 Å². The van der Waals surface area contributed by atoms with E-state index in [9.17, 15) is 4.79 Å². The lowest BCUT2D eigenvalue weighted by Crippen LogP contribution is -2.39. The smallest absolute Gasteiger partial charge is 0.289 e. The van der Waals surface area contributed by atoms with Crippen molar-refractivity contribution in [2.24, 2.45) is 7.05 Å². The number of aromatic nitrogens is 2. The predicted octanol–water partition coefficient (Wildman–Crippen LogP) is 1.71. The van der Waals surface area contributed by atoms with Crippen molar-refractivity contribution in [1.82, 2.24) is 14.7 Å². The minimum Gasteiger partial charge on any atom is -0.456 e. The van der Waals surface area contributed by atoms with Crippen molar-refractivity contribution in [3.05, 3.63) is 41.1 Å². The van der Waals surface area contributed by atoms with Gasteiger partial charge in [0.1, 0.15) is 5.76 Å². The van der Waals surface area contributed by atoms with Crippen LogP contribution in [0.1, 0.15) is 33.5 Å². The summed E-state index contributed by atoms with van der Waals surface area (Å²) in [5, 5.41) is 4.50. The van der Waals surface area contributed by atoms with Crippen LogP contribution in [-0.4, -0.2) is 40.8 Å². The molecule has 6 nitrogen and oxygen atoms in total. The Kier molecular flexibility index (Phi) is 3.55. The molecule has 6 heteroatoms. The summed E-state index contributed by atoms with van der Waals surface area (Å²) in [6, 6.07) is 3.53. The van der Waals surface area contributed by atoms with Gasteiger partial charge < -0.3 is 14.1 Å². The molecular weight excluding hydrogens is 270 g/mol. The number of furan rings is 1. The molecule has 0 saturated heterocycles. The van der Waals surface area contributed by atoms with Crippen molar-refractivity contribution in [3.8, 4) is 0 Å². The zero-order chi connectivity index (χ0) is 15.0. The molecule has 1 amide bonds. The Morgan fingerprint density at radius 3 is 3.00 bits per heavy atom. The van der Waals surface area contributed by atoms with Gasteiger partial charge in [-0.05, 0) is 19.1 Å². The molecule has 1 aliphatic rings. The molecule has 0 fully saturated rings. The number of ether oxygens (including phenoxy) is 1. The third-order valence-electron chi connectivity index (χ3n) is 3.73. The number of methoxy groups -OCH3 is 1. The molecule has 3 heterocycles. The van der Waals surface area contributed by atoms with Gasteiger partial charge in [-0.15, -0.1) is 0 Å². The Labute approximate surface area is 123 Å². The summed E-state index contributed by atoms with van der Waals surface area (Å²) in [4.78, 5) is 14.3. The van der Waals surface area contributed by atoms with E-state index in [0.717, 1.165) is 17.0 Å². The van der Waals surface area contributed by atoms with Crippen LogP contribution in [0, 0.1) is 6.92 Å². The van der Waals surface area contributed by atoms with Crippen LogP contribution in [0.5, 0.6) is 0 Å². The number of fused-ring (bicyclic) bond motifs is 1. The molecule has 2 aromatic heterocycles. The molecule has 3 rings (SSSR count). The Morgan fingerprint density at radius 2 is 2.33 bits per heavy atom. The molecule has 0 spiro atoms. The van der Waals surface area contributed by atoms with Gasteiger partial charge in [-0.2, -0.15) is 5.10 Å². The standard InChI is InChI=1S/C15H19N3O3/c1-10-4-5-13(21-10)15(19)18-7-11-6-17(2)16-14(11)12(8-18)9-20-3/h4-6,12H,7-9H2,1-3H3/t12-/m0/s1. The summed E-state index contributed by atoms with van der Waals surface area (Å²) < 4.78 is 12.5. The van der Waals surface area contributed by atoms with Gasteiger partial charge in [-0.3, -0.25) is 9.48 Å².